The van der Waals surface area contributed by atoms with E-state index in [0.717, 1.165) is 17.7 Å². The Bertz CT molecular complexity index is 821. The molecule has 0 bridgehead atoms. The minimum atomic E-state index is -0.762. The van der Waals surface area contributed by atoms with Gasteiger partial charge in [-0.3, -0.25) is 24.1 Å². The molecule has 148 valence electrons. The molecule has 9 heteroatoms. The molecule has 0 aromatic heterocycles. The van der Waals surface area contributed by atoms with Crippen molar-refractivity contribution >= 4 is 35.3 Å². The summed E-state index contributed by atoms with van der Waals surface area (Å²) in [6.45, 7) is -0.132. The van der Waals surface area contributed by atoms with Gasteiger partial charge in [0.15, 0.2) is 6.61 Å². The Labute approximate surface area is 161 Å². The fourth-order valence-electron chi connectivity index (χ4n) is 3.46. The first-order valence-corrected chi connectivity index (χ1v) is 9.10. The van der Waals surface area contributed by atoms with E-state index in [2.05, 4.69) is 0 Å². The van der Waals surface area contributed by atoms with Crippen LogP contribution < -0.4 is 10.6 Å². The van der Waals surface area contributed by atoms with Gasteiger partial charge in [-0.05, 0) is 37.5 Å². The van der Waals surface area contributed by atoms with Crippen molar-refractivity contribution < 1.29 is 28.7 Å². The van der Waals surface area contributed by atoms with E-state index in [0.29, 0.717) is 13.0 Å². The number of carbonyl (C=O) groups is 5. The maximum atomic E-state index is 12.4. The molecule has 0 spiro atoms. The molecule has 2 heterocycles. The van der Waals surface area contributed by atoms with Crippen LogP contribution in [0.5, 0.6) is 0 Å². The highest BCUT2D eigenvalue weighted by Gasteiger charge is 2.32. The van der Waals surface area contributed by atoms with Gasteiger partial charge in [0, 0.05) is 19.4 Å². The van der Waals surface area contributed by atoms with E-state index in [9.17, 15) is 24.0 Å². The average Bonchev–Trinajstić information content (AvgIpc) is 3.04. The summed E-state index contributed by atoms with van der Waals surface area (Å²) in [5.41, 5.74) is 5.74. The van der Waals surface area contributed by atoms with Gasteiger partial charge in [0.1, 0.15) is 6.04 Å². The maximum absolute atomic E-state index is 12.4. The van der Waals surface area contributed by atoms with Crippen LogP contribution >= 0.6 is 0 Å². The van der Waals surface area contributed by atoms with Crippen LogP contribution in [0.1, 0.15) is 42.5 Å². The Morgan fingerprint density at radius 2 is 1.82 bits per heavy atom. The monoisotopic (exact) mass is 387 g/mol. The van der Waals surface area contributed by atoms with Gasteiger partial charge >= 0.3 is 5.97 Å². The second-order valence-electron chi connectivity index (χ2n) is 6.75. The van der Waals surface area contributed by atoms with Crippen molar-refractivity contribution in [1.82, 2.24) is 4.90 Å². The van der Waals surface area contributed by atoms with E-state index < -0.39 is 30.4 Å². The number of benzene rings is 1. The molecule has 1 aromatic carbocycles. The first-order valence-electron chi connectivity index (χ1n) is 9.10. The molecular weight excluding hydrogens is 366 g/mol. The molecule has 4 amide bonds. The van der Waals surface area contributed by atoms with E-state index in [-0.39, 0.29) is 35.9 Å². The van der Waals surface area contributed by atoms with Gasteiger partial charge in [0.05, 0.1) is 11.3 Å². The minimum absolute atomic E-state index is 0.114. The fourth-order valence-corrected chi connectivity index (χ4v) is 3.46. The fraction of sp³-hybridized carbons (Fsp3) is 0.421. The number of primary amides is 1. The van der Waals surface area contributed by atoms with Crippen molar-refractivity contribution in [3.05, 3.63) is 29.8 Å². The SMILES string of the molecule is NC(=O)[C@@H]1CCCCN1C(=O)COC(=O)c1cccc(N2C(=O)CCC2=O)c1. The van der Waals surface area contributed by atoms with Crippen LogP contribution in [-0.4, -0.2) is 53.7 Å². The van der Waals surface area contributed by atoms with Gasteiger partial charge in [0.25, 0.3) is 5.91 Å². The number of esters is 1. The molecule has 0 saturated carbocycles. The second kappa shape index (κ2) is 8.20. The molecule has 9 nitrogen and oxygen atoms in total. The quantitative estimate of drug-likeness (QED) is 0.574. The smallest absolute Gasteiger partial charge is 0.338 e. The lowest BCUT2D eigenvalue weighted by molar-refractivity contribution is -0.143. The van der Waals surface area contributed by atoms with Gasteiger partial charge in [0.2, 0.25) is 17.7 Å². The van der Waals surface area contributed by atoms with Crippen LogP contribution in [0.3, 0.4) is 0 Å². The predicted molar refractivity (Wildman–Crippen MR) is 97.0 cm³/mol. The van der Waals surface area contributed by atoms with E-state index in [1.807, 2.05) is 0 Å². The van der Waals surface area contributed by atoms with Crippen LogP contribution in [-0.2, 0) is 23.9 Å². The van der Waals surface area contributed by atoms with Crippen LogP contribution in [0.15, 0.2) is 24.3 Å². The molecule has 0 unspecified atom stereocenters. The van der Waals surface area contributed by atoms with E-state index >= 15 is 0 Å². The third-order valence-electron chi connectivity index (χ3n) is 4.87. The summed E-state index contributed by atoms with van der Waals surface area (Å²) in [6.07, 6.45) is 2.33. The lowest BCUT2D eigenvalue weighted by Gasteiger charge is -2.33. The van der Waals surface area contributed by atoms with Gasteiger partial charge in [-0.25, -0.2) is 4.79 Å². The number of likely N-dealkylation sites (tertiary alicyclic amines) is 1. The predicted octanol–water partition coefficient (Wildman–Crippen LogP) is 0.363. The van der Waals surface area contributed by atoms with Crippen molar-refractivity contribution in [3.63, 3.8) is 0 Å². The summed E-state index contributed by atoms with van der Waals surface area (Å²) in [4.78, 5) is 62.2. The van der Waals surface area contributed by atoms with Gasteiger partial charge in [-0.1, -0.05) is 6.07 Å². The first kappa shape index (κ1) is 19.5. The standard InChI is InChI=1S/C19H21N3O6/c20-18(26)14-6-1-2-9-21(14)17(25)11-28-19(27)12-4-3-5-13(10-12)22-15(23)7-8-16(22)24/h3-5,10,14H,1-2,6-9,11H2,(H2,20,26)/t14-/m0/s1. The normalized spacial score (nSPS) is 19.6. The number of hydrogen-bond donors (Lipinski definition) is 1. The maximum Gasteiger partial charge on any atom is 0.338 e. The first-order chi connectivity index (χ1) is 13.4. The Kier molecular flexibility index (Phi) is 5.72. The number of nitrogens with zero attached hydrogens (tertiary/aromatic N) is 2. The number of nitrogens with two attached hydrogens (primary N) is 1. The van der Waals surface area contributed by atoms with E-state index in [1.165, 1.54) is 23.1 Å². The molecule has 2 N–H and O–H groups in total. The van der Waals surface area contributed by atoms with Crippen molar-refractivity contribution in [1.29, 1.82) is 0 Å². The highest BCUT2D eigenvalue weighted by atomic mass is 16.5. The topological polar surface area (TPSA) is 127 Å². The molecular formula is C19H21N3O6. The number of imide groups is 1. The summed E-state index contributed by atoms with van der Waals surface area (Å²) in [6, 6.07) is 5.24. The van der Waals surface area contributed by atoms with Crippen LogP contribution in [0, 0.1) is 0 Å². The molecule has 2 aliphatic heterocycles. The summed E-state index contributed by atoms with van der Waals surface area (Å²) in [7, 11) is 0. The van der Waals surface area contributed by atoms with Crippen molar-refractivity contribution in [3.8, 4) is 0 Å². The van der Waals surface area contributed by atoms with Gasteiger partial charge in [-0.15, -0.1) is 0 Å². The summed E-state index contributed by atoms with van der Waals surface area (Å²) < 4.78 is 5.07. The highest BCUT2D eigenvalue weighted by Crippen LogP contribution is 2.24. The Hall–Kier alpha value is -3.23. The third-order valence-corrected chi connectivity index (χ3v) is 4.87. The summed E-state index contributed by atoms with van der Waals surface area (Å²) in [5.74, 6) is -2.48. The Balaban J connectivity index is 1.64. The van der Waals surface area contributed by atoms with Gasteiger partial charge < -0.3 is 15.4 Å². The lowest BCUT2D eigenvalue weighted by Crippen LogP contribution is -2.51. The molecule has 2 fully saturated rings. The van der Waals surface area contributed by atoms with Crippen LogP contribution in [0.25, 0.3) is 0 Å². The number of piperidine rings is 1. The molecule has 28 heavy (non-hydrogen) atoms. The number of anilines is 1. The molecule has 2 aliphatic rings. The largest absolute Gasteiger partial charge is 0.452 e. The Morgan fingerprint density at radius 3 is 2.50 bits per heavy atom. The highest BCUT2D eigenvalue weighted by molar-refractivity contribution is 6.20. The summed E-state index contributed by atoms with van der Waals surface area (Å²) in [5, 5.41) is 0. The van der Waals surface area contributed by atoms with Crippen molar-refractivity contribution in [2.75, 3.05) is 18.1 Å². The Morgan fingerprint density at radius 1 is 1.11 bits per heavy atom. The van der Waals surface area contributed by atoms with Crippen molar-refractivity contribution in [2.45, 2.75) is 38.1 Å². The number of carbonyl (C=O) groups excluding carboxylic acids is 5. The number of hydrogen-bond acceptors (Lipinski definition) is 6. The molecule has 0 aliphatic carbocycles. The van der Waals surface area contributed by atoms with Crippen LogP contribution in [0.2, 0.25) is 0 Å². The van der Waals surface area contributed by atoms with Gasteiger partial charge in [-0.2, -0.15) is 0 Å². The summed E-state index contributed by atoms with van der Waals surface area (Å²) >= 11 is 0. The average molecular weight is 387 g/mol. The van der Waals surface area contributed by atoms with Crippen LogP contribution in [0.4, 0.5) is 5.69 Å². The molecule has 0 radical (unpaired) electrons. The molecule has 2 saturated heterocycles. The number of rotatable bonds is 5. The third kappa shape index (κ3) is 4.03. The molecule has 3 rings (SSSR count). The lowest BCUT2D eigenvalue weighted by atomic mass is 10.0. The minimum Gasteiger partial charge on any atom is -0.452 e. The molecule has 1 aromatic rings. The zero-order valence-electron chi connectivity index (χ0n) is 15.3. The van der Waals surface area contributed by atoms with E-state index in [4.69, 9.17) is 10.5 Å². The number of ether oxygens (including phenoxy) is 1. The zero-order valence-corrected chi connectivity index (χ0v) is 15.3. The van der Waals surface area contributed by atoms with E-state index in [1.54, 1.807) is 6.07 Å². The molecule has 1 atom stereocenters. The second-order valence-corrected chi connectivity index (χ2v) is 6.75. The number of amides is 4. The zero-order chi connectivity index (χ0) is 20.3. The van der Waals surface area contributed by atoms with Crippen molar-refractivity contribution in [2.24, 2.45) is 5.73 Å².